The Labute approximate surface area is 149 Å². The third-order valence-electron chi connectivity index (χ3n) is 5.12. The van der Waals surface area contributed by atoms with Crippen molar-refractivity contribution < 1.29 is 8.78 Å². The Hall–Kier alpha value is -2.38. The van der Waals surface area contributed by atoms with E-state index in [0.29, 0.717) is 18.4 Å². The van der Waals surface area contributed by atoms with Crippen LogP contribution in [-0.4, -0.2) is 32.6 Å². The van der Waals surface area contributed by atoms with Crippen LogP contribution in [0.5, 0.6) is 0 Å². The average Bonchev–Trinajstić information content (AvgIpc) is 3.49. The highest BCUT2D eigenvalue weighted by atomic mass is 19.3. The highest BCUT2D eigenvalue weighted by molar-refractivity contribution is 5.38. The maximum absolute atomic E-state index is 12.6. The van der Waals surface area contributed by atoms with Crippen LogP contribution < -0.4 is 10.5 Å². The molecule has 138 valence electrons. The second kappa shape index (κ2) is 7.09. The lowest BCUT2D eigenvalue weighted by molar-refractivity contribution is 0.145. The molecule has 2 aromatic heterocycles. The quantitative estimate of drug-likeness (QED) is 0.819. The predicted molar refractivity (Wildman–Crippen MR) is 92.4 cm³/mol. The van der Waals surface area contributed by atoms with Gasteiger partial charge >= 0.3 is 0 Å². The van der Waals surface area contributed by atoms with Crippen LogP contribution in [0.2, 0.25) is 0 Å². The third kappa shape index (κ3) is 3.73. The van der Waals surface area contributed by atoms with Crippen molar-refractivity contribution in [1.29, 1.82) is 0 Å². The van der Waals surface area contributed by atoms with Crippen LogP contribution in [0, 0.1) is 5.92 Å². The summed E-state index contributed by atoms with van der Waals surface area (Å²) in [5, 5.41) is 0. The predicted octanol–water partition coefficient (Wildman–Crippen LogP) is 2.76. The number of nitrogens with zero attached hydrogens (tertiary/aromatic N) is 5. The van der Waals surface area contributed by atoms with Gasteiger partial charge in [0.25, 0.3) is 12.0 Å². The van der Waals surface area contributed by atoms with Gasteiger partial charge in [0, 0.05) is 37.8 Å². The molecular formula is C18H21F2N5O. The van der Waals surface area contributed by atoms with Crippen LogP contribution in [0.25, 0.3) is 0 Å². The van der Waals surface area contributed by atoms with Gasteiger partial charge in [-0.1, -0.05) is 0 Å². The van der Waals surface area contributed by atoms with Gasteiger partial charge in [0.2, 0.25) is 0 Å². The molecule has 1 saturated carbocycles. The van der Waals surface area contributed by atoms with E-state index in [9.17, 15) is 13.6 Å². The lowest BCUT2D eigenvalue weighted by Crippen LogP contribution is -2.37. The van der Waals surface area contributed by atoms with Gasteiger partial charge in [-0.25, -0.2) is 23.7 Å². The number of hydrogen-bond donors (Lipinski definition) is 0. The molecule has 8 heteroatoms. The van der Waals surface area contributed by atoms with E-state index in [1.807, 2.05) is 12.3 Å². The van der Waals surface area contributed by atoms with E-state index in [2.05, 4.69) is 19.9 Å². The molecule has 6 nitrogen and oxygen atoms in total. The van der Waals surface area contributed by atoms with E-state index < -0.39 is 17.7 Å². The minimum Gasteiger partial charge on any atom is -0.356 e. The van der Waals surface area contributed by atoms with Gasteiger partial charge in [0.05, 0.1) is 6.33 Å². The van der Waals surface area contributed by atoms with E-state index in [4.69, 9.17) is 0 Å². The summed E-state index contributed by atoms with van der Waals surface area (Å²) in [5.41, 5.74) is -0.876. The molecule has 1 aliphatic carbocycles. The van der Waals surface area contributed by atoms with Crippen molar-refractivity contribution >= 4 is 5.82 Å². The summed E-state index contributed by atoms with van der Waals surface area (Å²) in [7, 11) is 0. The van der Waals surface area contributed by atoms with Crippen LogP contribution in [0.15, 0.2) is 29.5 Å². The Morgan fingerprint density at radius 1 is 1.15 bits per heavy atom. The molecule has 2 fully saturated rings. The van der Waals surface area contributed by atoms with Gasteiger partial charge in [-0.15, -0.1) is 0 Å². The van der Waals surface area contributed by atoms with Crippen molar-refractivity contribution in [1.82, 2.24) is 19.5 Å². The van der Waals surface area contributed by atoms with E-state index >= 15 is 0 Å². The van der Waals surface area contributed by atoms with E-state index in [1.54, 1.807) is 0 Å². The molecule has 1 aliphatic heterocycles. The molecule has 1 saturated heterocycles. The normalized spacial score (nSPS) is 18.5. The Kier molecular flexibility index (Phi) is 4.65. The van der Waals surface area contributed by atoms with Gasteiger partial charge in [0.15, 0.2) is 0 Å². The Morgan fingerprint density at radius 3 is 2.58 bits per heavy atom. The first-order chi connectivity index (χ1) is 12.6. The van der Waals surface area contributed by atoms with Gasteiger partial charge in [0.1, 0.15) is 17.3 Å². The Morgan fingerprint density at radius 2 is 1.92 bits per heavy atom. The van der Waals surface area contributed by atoms with Crippen LogP contribution >= 0.6 is 0 Å². The van der Waals surface area contributed by atoms with Crippen LogP contribution in [0.1, 0.15) is 49.5 Å². The molecule has 2 aliphatic rings. The van der Waals surface area contributed by atoms with Crippen molar-refractivity contribution in [2.45, 2.75) is 44.6 Å². The number of aromatic nitrogens is 4. The van der Waals surface area contributed by atoms with Gasteiger partial charge in [-0.3, -0.25) is 9.36 Å². The van der Waals surface area contributed by atoms with Gasteiger partial charge in [-0.05, 0) is 37.7 Å². The van der Waals surface area contributed by atoms with Crippen LogP contribution in [-0.2, 0) is 6.54 Å². The lowest BCUT2D eigenvalue weighted by Gasteiger charge is -2.33. The molecule has 0 spiro atoms. The Balaban J connectivity index is 1.36. The summed E-state index contributed by atoms with van der Waals surface area (Å²) in [5.74, 6) is 2.78. The van der Waals surface area contributed by atoms with Crippen molar-refractivity contribution in [3.63, 3.8) is 0 Å². The minimum atomic E-state index is -2.71. The smallest absolute Gasteiger partial charge is 0.280 e. The molecule has 0 radical (unpaired) electrons. The van der Waals surface area contributed by atoms with Gasteiger partial charge < -0.3 is 4.90 Å². The van der Waals surface area contributed by atoms with Gasteiger partial charge in [-0.2, -0.15) is 0 Å². The SMILES string of the molecule is O=c1cc(C(F)F)ncn1CC1CCN(c2ccnc(C3CC3)n2)CC1. The van der Waals surface area contributed by atoms with Crippen LogP contribution in [0.4, 0.5) is 14.6 Å². The fourth-order valence-corrected chi connectivity index (χ4v) is 3.40. The average molecular weight is 361 g/mol. The molecule has 0 aromatic carbocycles. The first-order valence-corrected chi connectivity index (χ1v) is 9.02. The second-order valence-corrected chi connectivity index (χ2v) is 7.08. The molecule has 26 heavy (non-hydrogen) atoms. The fourth-order valence-electron chi connectivity index (χ4n) is 3.40. The first-order valence-electron chi connectivity index (χ1n) is 9.02. The molecule has 3 heterocycles. The zero-order chi connectivity index (χ0) is 18.1. The number of hydrogen-bond acceptors (Lipinski definition) is 5. The zero-order valence-corrected chi connectivity index (χ0v) is 14.4. The first kappa shape index (κ1) is 17.1. The summed E-state index contributed by atoms with van der Waals surface area (Å²) < 4.78 is 26.6. The van der Waals surface area contributed by atoms with E-state index in [-0.39, 0.29) is 0 Å². The number of alkyl halides is 2. The number of piperidine rings is 1. The standard InChI is InChI=1S/C18H21F2N5O/c19-17(20)14-9-16(26)25(11-22-14)10-12-4-7-24(8-5-12)15-3-6-21-18(23-15)13-1-2-13/h3,6,9,11-13,17H,1-2,4-5,7-8,10H2. The maximum Gasteiger partial charge on any atom is 0.280 e. The summed E-state index contributed by atoms with van der Waals surface area (Å²) in [6.45, 7) is 2.24. The lowest BCUT2D eigenvalue weighted by atomic mass is 9.96. The molecule has 0 bridgehead atoms. The largest absolute Gasteiger partial charge is 0.356 e. The van der Waals surface area contributed by atoms with Crippen molar-refractivity contribution in [2.75, 3.05) is 18.0 Å². The second-order valence-electron chi connectivity index (χ2n) is 7.08. The molecule has 2 aromatic rings. The highest BCUT2D eigenvalue weighted by Crippen LogP contribution is 2.38. The third-order valence-corrected chi connectivity index (χ3v) is 5.12. The molecule has 4 rings (SSSR count). The van der Waals surface area contributed by atoms with Crippen molar-refractivity contribution in [2.24, 2.45) is 5.92 Å². The fraction of sp³-hybridized carbons (Fsp3) is 0.556. The van der Waals surface area contributed by atoms with Crippen molar-refractivity contribution in [3.8, 4) is 0 Å². The molecular weight excluding hydrogens is 340 g/mol. The summed E-state index contributed by atoms with van der Waals surface area (Å²) in [4.78, 5) is 27.0. The number of rotatable bonds is 5. The monoisotopic (exact) mass is 361 g/mol. The van der Waals surface area contributed by atoms with E-state index in [0.717, 1.165) is 43.6 Å². The summed E-state index contributed by atoms with van der Waals surface area (Å²) in [6, 6.07) is 2.88. The number of anilines is 1. The highest BCUT2D eigenvalue weighted by Gasteiger charge is 2.28. The molecule has 0 amide bonds. The van der Waals surface area contributed by atoms with Crippen molar-refractivity contribution in [3.05, 3.63) is 46.5 Å². The maximum atomic E-state index is 12.6. The summed E-state index contributed by atoms with van der Waals surface area (Å²) >= 11 is 0. The Bertz CT molecular complexity index is 828. The summed E-state index contributed by atoms with van der Waals surface area (Å²) in [6.07, 6.45) is 4.56. The van der Waals surface area contributed by atoms with E-state index in [1.165, 1.54) is 23.7 Å². The molecule has 0 atom stereocenters. The topological polar surface area (TPSA) is 63.9 Å². The minimum absolute atomic E-state index is 0.327. The molecule has 0 N–H and O–H groups in total. The molecule has 0 unspecified atom stereocenters. The number of halogens is 2. The van der Waals surface area contributed by atoms with Crippen LogP contribution in [0.3, 0.4) is 0 Å². The zero-order valence-electron chi connectivity index (χ0n) is 14.4.